The maximum atomic E-state index is 10.9. The molecule has 0 bridgehead atoms. The van der Waals surface area contributed by atoms with E-state index in [0.29, 0.717) is 19.3 Å². The van der Waals surface area contributed by atoms with E-state index in [9.17, 15) is 9.90 Å². The zero-order valence-electron chi connectivity index (χ0n) is 7.86. The minimum absolute atomic E-state index is 0.473. The fourth-order valence-electron chi connectivity index (χ4n) is 1.56. The van der Waals surface area contributed by atoms with Crippen LogP contribution in [0.25, 0.3) is 0 Å². The molecule has 2 N–H and O–H groups in total. The van der Waals surface area contributed by atoms with E-state index in [1.165, 1.54) is 0 Å². The highest BCUT2D eigenvalue weighted by atomic mass is 16.4. The van der Waals surface area contributed by atoms with Crippen molar-refractivity contribution in [1.29, 1.82) is 0 Å². The molecule has 0 spiro atoms. The first-order chi connectivity index (χ1) is 6.04. The Morgan fingerprint density at radius 1 is 1.54 bits per heavy atom. The lowest BCUT2D eigenvalue weighted by Gasteiger charge is -2.26. The second-order valence-electron chi connectivity index (χ2n) is 3.94. The molecular formula is C10H16O3. The van der Waals surface area contributed by atoms with Crippen molar-refractivity contribution < 1.29 is 15.0 Å². The van der Waals surface area contributed by atoms with Crippen molar-refractivity contribution >= 4 is 5.97 Å². The monoisotopic (exact) mass is 184 g/mol. The second kappa shape index (κ2) is 3.92. The zero-order chi connectivity index (χ0) is 9.90. The Bertz CT molecular complexity index is 222. The number of aliphatic hydroxyl groups is 1. The topological polar surface area (TPSA) is 57.5 Å². The van der Waals surface area contributed by atoms with E-state index in [-0.39, 0.29) is 0 Å². The third-order valence-electron chi connectivity index (χ3n) is 2.73. The summed E-state index contributed by atoms with van der Waals surface area (Å²) >= 11 is 0. The van der Waals surface area contributed by atoms with Gasteiger partial charge in [0.25, 0.3) is 0 Å². The van der Waals surface area contributed by atoms with Gasteiger partial charge in [-0.05, 0) is 32.6 Å². The number of carbonyl (C=O) groups is 1. The van der Waals surface area contributed by atoms with Gasteiger partial charge in [0.15, 0.2) is 0 Å². The number of allylic oxidation sites excluding steroid dienone is 1. The van der Waals surface area contributed by atoms with Gasteiger partial charge in [-0.25, -0.2) is 0 Å². The van der Waals surface area contributed by atoms with Gasteiger partial charge in [-0.15, -0.1) is 0 Å². The van der Waals surface area contributed by atoms with Crippen molar-refractivity contribution in [2.75, 3.05) is 0 Å². The van der Waals surface area contributed by atoms with Crippen LogP contribution in [0.3, 0.4) is 0 Å². The normalized spacial score (nSPS) is 37.5. The van der Waals surface area contributed by atoms with Crippen LogP contribution in [0.1, 0.15) is 32.6 Å². The molecule has 0 fully saturated rings. The van der Waals surface area contributed by atoms with Crippen molar-refractivity contribution in [2.24, 2.45) is 5.41 Å². The third kappa shape index (κ3) is 2.56. The molecule has 1 aliphatic carbocycles. The van der Waals surface area contributed by atoms with Crippen molar-refractivity contribution in [1.82, 2.24) is 0 Å². The van der Waals surface area contributed by atoms with Gasteiger partial charge in [-0.1, -0.05) is 12.2 Å². The summed E-state index contributed by atoms with van der Waals surface area (Å²) in [7, 11) is 0. The van der Waals surface area contributed by atoms with E-state index in [4.69, 9.17) is 5.11 Å². The van der Waals surface area contributed by atoms with Gasteiger partial charge >= 0.3 is 5.97 Å². The van der Waals surface area contributed by atoms with Crippen molar-refractivity contribution in [3.05, 3.63) is 12.2 Å². The Labute approximate surface area is 78.1 Å². The summed E-state index contributed by atoms with van der Waals surface area (Å²) in [5.41, 5.74) is -0.661. The van der Waals surface area contributed by atoms with Gasteiger partial charge in [0.2, 0.25) is 0 Å². The van der Waals surface area contributed by atoms with Crippen LogP contribution >= 0.6 is 0 Å². The molecule has 0 saturated heterocycles. The van der Waals surface area contributed by atoms with Crippen LogP contribution < -0.4 is 0 Å². The molecule has 0 amide bonds. The maximum absolute atomic E-state index is 10.9. The number of aliphatic hydroxyl groups excluding tert-OH is 1. The van der Waals surface area contributed by atoms with E-state index in [1.807, 2.05) is 6.08 Å². The fourth-order valence-corrected chi connectivity index (χ4v) is 1.56. The second-order valence-corrected chi connectivity index (χ2v) is 3.94. The van der Waals surface area contributed by atoms with Crippen LogP contribution in [0.4, 0.5) is 0 Å². The number of carboxylic acids is 1. The molecule has 3 heteroatoms. The van der Waals surface area contributed by atoms with Crippen molar-refractivity contribution in [3.63, 3.8) is 0 Å². The quantitative estimate of drug-likeness (QED) is 0.608. The number of hydrogen-bond acceptors (Lipinski definition) is 2. The largest absolute Gasteiger partial charge is 0.481 e. The highest BCUT2D eigenvalue weighted by molar-refractivity contribution is 5.74. The molecular weight excluding hydrogens is 168 g/mol. The molecule has 1 aliphatic rings. The van der Waals surface area contributed by atoms with E-state index in [0.717, 1.165) is 6.42 Å². The molecule has 1 rings (SSSR count). The predicted molar refractivity (Wildman–Crippen MR) is 49.4 cm³/mol. The van der Waals surface area contributed by atoms with Gasteiger partial charge < -0.3 is 10.2 Å². The summed E-state index contributed by atoms with van der Waals surface area (Å²) in [6, 6.07) is 0. The maximum Gasteiger partial charge on any atom is 0.309 e. The molecule has 0 radical (unpaired) electrons. The summed E-state index contributed by atoms with van der Waals surface area (Å²) < 4.78 is 0. The average Bonchev–Trinajstić information content (AvgIpc) is 2.06. The SMILES string of the molecule is C[C@@]1(C(=O)O)CC/C=C/C(O)CC1. The summed E-state index contributed by atoms with van der Waals surface area (Å²) in [6.07, 6.45) is 5.63. The first-order valence-electron chi connectivity index (χ1n) is 4.63. The molecule has 74 valence electrons. The smallest absolute Gasteiger partial charge is 0.309 e. The first-order valence-corrected chi connectivity index (χ1v) is 4.63. The Hall–Kier alpha value is -0.830. The molecule has 0 aromatic carbocycles. The Morgan fingerprint density at radius 3 is 2.85 bits per heavy atom. The lowest BCUT2D eigenvalue weighted by molar-refractivity contribution is -0.149. The zero-order valence-corrected chi connectivity index (χ0v) is 7.86. The van der Waals surface area contributed by atoms with Crippen LogP contribution in [-0.4, -0.2) is 22.3 Å². The molecule has 2 atom stereocenters. The molecule has 0 aliphatic heterocycles. The molecule has 3 nitrogen and oxygen atoms in total. The van der Waals surface area contributed by atoms with Crippen LogP contribution in [0.2, 0.25) is 0 Å². The van der Waals surface area contributed by atoms with Gasteiger partial charge in [0.05, 0.1) is 11.5 Å². The van der Waals surface area contributed by atoms with E-state index in [1.54, 1.807) is 13.0 Å². The average molecular weight is 184 g/mol. The number of hydrogen-bond donors (Lipinski definition) is 2. The molecule has 0 saturated carbocycles. The minimum atomic E-state index is -0.755. The highest BCUT2D eigenvalue weighted by Gasteiger charge is 2.32. The summed E-state index contributed by atoms with van der Waals surface area (Å²) in [5.74, 6) is -0.755. The molecule has 13 heavy (non-hydrogen) atoms. The van der Waals surface area contributed by atoms with E-state index >= 15 is 0 Å². The molecule has 0 aromatic rings. The van der Waals surface area contributed by atoms with Crippen LogP contribution in [0.15, 0.2) is 12.2 Å². The van der Waals surface area contributed by atoms with Crippen molar-refractivity contribution in [2.45, 2.75) is 38.7 Å². The summed E-state index contributed by atoms with van der Waals surface area (Å²) in [4.78, 5) is 10.9. The van der Waals surface area contributed by atoms with Gasteiger partial charge in [0.1, 0.15) is 0 Å². The molecule has 0 aromatic heterocycles. The lowest BCUT2D eigenvalue weighted by Crippen LogP contribution is -2.29. The third-order valence-corrected chi connectivity index (χ3v) is 2.73. The number of carboxylic acid groups (broad SMARTS) is 1. The minimum Gasteiger partial charge on any atom is -0.481 e. The van der Waals surface area contributed by atoms with Gasteiger partial charge in [-0.2, -0.15) is 0 Å². The van der Waals surface area contributed by atoms with E-state index in [2.05, 4.69) is 0 Å². The highest BCUT2D eigenvalue weighted by Crippen LogP contribution is 2.31. The Balaban J connectivity index is 2.68. The fraction of sp³-hybridized carbons (Fsp3) is 0.700. The van der Waals surface area contributed by atoms with Crippen molar-refractivity contribution in [3.8, 4) is 0 Å². The van der Waals surface area contributed by atoms with Gasteiger partial charge in [0, 0.05) is 0 Å². The van der Waals surface area contributed by atoms with Crippen LogP contribution in [-0.2, 0) is 4.79 Å². The van der Waals surface area contributed by atoms with E-state index < -0.39 is 17.5 Å². The molecule has 1 unspecified atom stereocenters. The predicted octanol–water partition coefficient (Wildman–Crippen LogP) is 1.57. The summed E-state index contributed by atoms with van der Waals surface area (Å²) in [6.45, 7) is 1.75. The Kier molecular flexibility index (Phi) is 3.09. The van der Waals surface area contributed by atoms with Crippen LogP contribution in [0, 0.1) is 5.41 Å². The lowest BCUT2D eigenvalue weighted by atomic mass is 9.79. The molecule has 0 heterocycles. The Morgan fingerprint density at radius 2 is 2.23 bits per heavy atom. The number of aliphatic carboxylic acids is 1. The summed E-state index contributed by atoms with van der Waals surface area (Å²) in [5, 5.41) is 18.3. The van der Waals surface area contributed by atoms with Crippen LogP contribution in [0.5, 0.6) is 0 Å². The first kappa shape index (κ1) is 10.3. The number of rotatable bonds is 1. The van der Waals surface area contributed by atoms with Gasteiger partial charge in [-0.3, -0.25) is 4.79 Å². The standard InChI is InChI=1S/C10H16O3/c1-10(9(12)13)6-3-2-4-8(11)5-7-10/h2,4,8,11H,3,5-7H2,1H3,(H,12,13)/b4-2+/t8?,10-/m1/s1.